The lowest BCUT2D eigenvalue weighted by Gasteiger charge is -2.19. The van der Waals surface area contributed by atoms with Crippen LogP contribution in [0.25, 0.3) is 0 Å². The first-order valence-corrected chi connectivity index (χ1v) is 9.35. The number of alkyl halides is 3. The molecule has 2 aromatic heterocycles. The fourth-order valence-corrected chi connectivity index (χ4v) is 3.56. The number of carbonyl (C=O) groups excluding carboxylic acids is 2. The maximum atomic E-state index is 14.2. The van der Waals surface area contributed by atoms with Crippen LogP contribution >= 0.6 is 11.3 Å². The number of nitrogen functional groups attached to an aromatic ring is 1. The number of anilines is 3. The predicted molar refractivity (Wildman–Crippen MR) is 104 cm³/mol. The smallest absolute Gasteiger partial charge is 0.368 e. The quantitative estimate of drug-likeness (QED) is 0.551. The third-order valence-corrected chi connectivity index (χ3v) is 4.95. The standard InChI is InChI=1S/C18H14F4N6O2S/c19-13-2-1-10(18(20,21)22)4-14(13)28(16(24)30)17-27-8-12(31-17)5-11(29)3-9-6-25-15(23)26-7-9/h1-2,4,6-8H,3,5H2,(H2,24,30)(H2,23,25,26). The molecule has 0 atom stereocenters. The third-order valence-electron chi connectivity index (χ3n) is 3.97. The van der Waals surface area contributed by atoms with Gasteiger partial charge in [0.05, 0.1) is 11.3 Å². The van der Waals surface area contributed by atoms with Gasteiger partial charge in [0.1, 0.15) is 11.6 Å². The van der Waals surface area contributed by atoms with E-state index >= 15 is 0 Å². The molecule has 0 saturated carbocycles. The second kappa shape index (κ2) is 8.63. The van der Waals surface area contributed by atoms with Crippen LogP contribution in [0.3, 0.4) is 0 Å². The summed E-state index contributed by atoms with van der Waals surface area (Å²) in [6.45, 7) is 0. The predicted octanol–water partition coefficient (Wildman–Crippen LogP) is 3.24. The Morgan fingerprint density at radius 3 is 2.35 bits per heavy atom. The van der Waals surface area contributed by atoms with Crippen LogP contribution in [0.1, 0.15) is 16.0 Å². The fourth-order valence-electron chi connectivity index (χ4n) is 2.60. The van der Waals surface area contributed by atoms with Crippen molar-refractivity contribution in [3.63, 3.8) is 0 Å². The number of Topliss-reactive ketones (excluding diaryl/α,β-unsaturated/α-hetero) is 1. The van der Waals surface area contributed by atoms with Gasteiger partial charge in [0.25, 0.3) is 0 Å². The van der Waals surface area contributed by atoms with E-state index in [2.05, 4.69) is 15.0 Å². The van der Waals surface area contributed by atoms with Crippen molar-refractivity contribution in [1.29, 1.82) is 0 Å². The van der Waals surface area contributed by atoms with E-state index in [1.807, 2.05) is 0 Å². The zero-order valence-corrected chi connectivity index (χ0v) is 16.4. The summed E-state index contributed by atoms with van der Waals surface area (Å²) in [5.41, 5.74) is 9.33. The summed E-state index contributed by atoms with van der Waals surface area (Å²) in [6.07, 6.45) is -0.751. The van der Waals surface area contributed by atoms with Gasteiger partial charge in [0, 0.05) is 36.3 Å². The van der Waals surface area contributed by atoms with Crippen molar-refractivity contribution in [2.45, 2.75) is 19.0 Å². The van der Waals surface area contributed by atoms with Crippen LogP contribution in [0.5, 0.6) is 0 Å². The molecule has 0 bridgehead atoms. The Balaban J connectivity index is 1.82. The molecule has 0 radical (unpaired) electrons. The number of rotatable bonds is 6. The van der Waals surface area contributed by atoms with Crippen LogP contribution < -0.4 is 16.4 Å². The zero-order chi connectivity index (χ0) is 22.8. The number of urea groups is 1. The summed E-state index contributed by atoms with van der Waals surface area (Å²) in [4.78, 5) is 36.6. The van der Waals surface area contributed by atoms with Gasteiger partial charge in [0.15, 0.2) is 5.13 Å². The highest BCUT2D eigenvalue weighted by Crippen LogP contribution is 2.36. The van der Waals surface area contributed by atoms with Crippen molar-refractivity contribution in [3.8, 4) is 0 Å². The van der Waals surface area contributed by atoms with Crippen LogP contribution in [0.15, 0.2) is 36.8 Å². The van der Waals surface area contributed by atoms with E-state index in [1.165, 1.54) is 18.6 Å². The van der Waals surface area contributed by atoms with E-state index in [0.717, 1.165) is 11.3 Å². The average molecular weight is 454 g/mol. The number of thiazole rings is 1. The molecule has 0 aliphatic carbocycles. The molecule has 13 heteroatoms. The molecule has 8 nitrogen and oxygen atoms in total. The molecule has 0 unspecified atom stereocenters. The second-order valence-electron chi connectivity index (χ2n) is 6.29. The van der Waals surface area contributed by atoms with Crippen molar-refractivity contribution in [2.24, 2.45) is 5.73 Å². The summed E-state index contributed by atoms with van der Waals surface area (Å²) in [6, 6.07) is 0.364. The van der Waals surface area contributed by atoms with Crippen LogP contribution in [-0.4, -0.2) is 26.8 Å². The number of primary amides is 1. The van der Waals surface area contributed by atoms with Crippen molar-refractivity contribution in [2.75, 3.05) is 10.6 Å². The molecule has 1 aromatic carbocycles. The van der Waals surface area contributed by atoms with Gasteiger partial charge in [-0.15, -0.1) is 11.3 Å². The number of aromatic nitrogens is 3. The lowest BCUT2D eigenvalue weighted by Crippen LogP contribution is -2.32. The Bertz CT molecular complexity index is 1120. The first-order valence-electron chi connectivity index (χ1n) is 8.53. The maximum absolute atomic E-state index is 14.2. The molecule has 0 saturated heterocycles. The summed E-state index contributed by atoms with van der Waals surface area (Å²) < 4.78 is 53.2. The van der Waals surface area contributed by atoms with Crippen LogP contribution in [0, 0.1) is 5.82 Å². The summed E-state index contributed by atoms with van der Waals surface area (Å²) >= 11 is 0.822. The van der Waals surface area contributed by atoms with Crippen molar-refractivity contribution in [3.05, 3.63) is 58.6 Å². The van der Waals surface area contributed by atoms with Gasteiger partial charge in [-0.05, 0) is 23.8 Å². The Morgan fingerprint density at radius 2 is 1.74 bits per heavy atom. The van der Waals surface area contributed by atoms with E-state index in [9.17, 15) is 27.2 Å². The summed E-state index contributed by atoms with van der Waals surface area (Å²) in [5, 5.41) is -0.177. The van der Waals surface area contributed by atoms with E-state index in [4.69, 9.17) is 11.5 Å². The topological polar surface area (TPSA) is 128 Å². The monoisotopic (exact) mass is 454 g/mol. The lowest BCUT2D eigenvalue weighted by molar-refractivity contribution is -0.137. The molecule has 162 valence electrons. The van der Waals surface area contributed by atoms with Gasteiger partial charge < -0.3 is 11.5 Å². The van der Waals surface area contributed by atoms with Gasteiger partial charge in [0.2, 0.25) is 5.95 Å². The van der Waals surface area contributed by atoms with Gasteiger partial charge in [-0.25, -0.2) is 29.0 Å². The van der Waals surface area contributed by atoms with Crippen molar-refractivity contribution < 1.29 is 27.2 Å². The van der Waals surface area contributed by atoms with Crippen molar-refractivity contribution >= 4 is 39.9 Å². The minimum absolute atomic E-state index is 0.00923. The normalized spacial score (nSPS) is 11.4. The highest BCUT2D eigenvalue weighted by atomic mass is 32.1. The number of hydrogen-bond acceptors (Lipinski definition) is 7. The number of hydrogen-bond donors (Lipinski definition) is 2. The van der Waals surface area contributed by atoms with Crippen LogP contribution in [0.4, 0.5) is 39.1 Å². The number of amides is 2. The Hall–Kier alpha value is -3.61. The van der Waals surface area contributed by atoms with Crippen LogP contribution in [-0.2, 0) is 23.8 Å². The number of carbonyl (C=O) groups is 2. The molecule has 31 heavy (non-hydrogen) atoms. The van der Waals surface area contributed by atoms with E-state index in [0.29, 0.717) is 33.5 Å². The SMILES string of the molecule is NC(=O)N(c1ncc(CC(=O)Cc2cnc(N)nc2)s1)c1cc(C(F)(F)F)ccc1F. The minimum Gasteiger partial charge on any atom is -0.368 e. The number of nitrogens with two attached hydrogens (primary N) is 2. The van der Waals surface area contributed by atoms with Gasteiger partial charge >= 0.3 is 12.2 Å². The minimum atomic E-state index is -4.75. The molecule has 2 amide bonds. The van der Waals surface area contributed by atoms with Gasteiger partial charge in [-0.3, -0.25) is 4.79 Å². The molecule has 3 aromatic rings. The van der Waals surface area contributed by atoms with Gasteiger partial charge in [-0.1, -0.05) is 0 Å². The molecule has 0 aliphatic heterocycles. The fraction of sp³-hybridized carbons (Fsp3) is 0.167. The Kier molecular flexibility index (Phi) is 6.15. The molecule has 0 spiro atoms. The Labute approximate surface area is 176 Å². The molecular weight excluding hydrogens is 440 g/mol. The summed E-state index contributed by atoms with van der Waals surface area (Å²) in [7, 11) is 0. The van der Waals surface area contributed by atoms with Gasteiger partial charge in [-0.2, -0.15) is 13.2 Å². The number of benzene rings is 1. The first-order chi connectivity index (χ1) is 14.5. The highest BCUT2D eigenvalue weighted by molar-refractivity contribution is 7.16. The first kappa shape index (κ1) is 22.1. The average Bonchev–Trinajstić information content (AvgIpc) is 3.11. The lowest BCUT2D eigenvalue weighted by atomic mass is 10.1. The van der Waals surface area contributed by atoms with Crippen molar-refractivity contribution in [1.82, 2.24) is 15.0 Å². The van der Waals surface area contributed by atoms with E-state index in [-0.39, 0.29) is 29.7 Å². The second-order valence-corrected chi connectivity index (χ2v) is 7.38. The van der Waals surface area contributed by atoms with Crippen LogP contribution in [0.2, 0.25) is 0 Å². The highest BCUT2D eigenvalue weighted by Gasteiger charge is 2.33. The molecule has 2 heterocycles. The van der Waals surface area contributed by atoms with E-state index < -0.39 is 29.3 Å². The largest absolute Gasteiger partial charge is 0.416 e. The number of halogens is 4. The zero-order valence-electron chi connectivity index (χ0n) is 15.6. The third kappa shape index (κ3) is 5.31. The Morgan fingerprint density at radius 1 is 1.06 bits per heavy atom. The molecule has 0 aliphatic rings. The number of ketones is 1. The molecule has 4 N–H and O–H groups in total. The maximum Gasteiger partial charge on any atom is 0.416 e. The van der Waals surface area contributed by atoms with E-state index in [1.54, 1.807) is 0 Å². The summed E-state index contributed by atoms with van der Waals surface area (Å²) in [5.74, 6) is -1.26. The number of nitrogens with zero attached hydrogens (tertiary/aromatic N) is 4. The molecular formula is C18H14F4N6O2S. The molecule has 0 fully saturated rings. The molecule has 3 rings (SSSR count).